The molecule has 1 aliphatic rings. The number of rotatable bonds is 4. The standard InChI is InChI=1S/C13H17BrO3/c1-15-11-5-6-12(14)10(8-11)9-17-13-4-2-3-7-16-13/h5-6,8,13H,2-4,7,9H2,1H3. The van der Waals surface area contributed by atoms with Crippen LogP contribution in [-0.2, 0) is 16.1 Å². The van der Waals surface area contributed by atoms with Gasteiger partial charge in [-0.15, -0.1) is 0 Å². The first-order chi connectivity index (χ1) is 8.29. The molecule has 0 aromatic heterocycles. The van der Waals surface area contributed by atoms with Crippen LogP contribution in [0.4, 0.5) is 0 Å². The third kappa shape index (κ3) is 3.69. The van der Waals surface area contributed by atoms with E-state index in [2.05, 4.69) is 15.9 Å². The molecule has 0 saturated carbocycles. The summed E-state index contributed by atoms with van der Waals surface area (Å²) in [5.74, 6) is 0.844. The first kappa shape index (κ1) is 12.9. The van der Waals surface area contributed by atoms with Gasteiger partial charge >= 0.3 is 0 Å². The lowest BCUT2D eigenvalue weighted by Crippen LogP contribution is -2.22. The molecule has 4 heteroatoms. The summed E-state index contributed by atoms with van der Waals surface area (Å²) in [4.78, 5) is 0. The van der Waals surface area contributed by atoms with Gasteiger partial charge in [0.05, 0.1) is 13.7 Å². The van der Waals surface area contributed by atoms with E-state index in [4.69, 9.17) is 14.2 Å². The molecule has 1 aromatic carbocycles. The molecule has 1 fully saturated rings. The molecular weight excluding hydrogens is 284 g/mol. The smallest absolute Gasteiger partial charge is 0.158 e. The summed E-state index contributed by atoms with van der Waals surface area (Å²) in [6.07, 6.45) is 3.26. The maximum Gasteiger partial charge on any atom is 0.158 e. The zero-order valence-corrected chi connectivity index (χ0v) is 11.5. The number of methoxy groups -OCH3 is 1. The highest BCUT2D eigenvalue weighted by atomic mass is 79.9. The fourth-order valence-corrected chi connectivity index (χ4v) is 2.18. The molecule has 1 aromatic rings. The normalized spacial score (nSPS) is 20.2. The molecule has 17 heavy (non-hydrogen) atoms. The summed E-state index contributed by atoms with van der Waals surface area (Å²) in [6, 6.07) is 5.87. The highest BCUT2D eigenvalue weighted by Crippen LogP contribution is 2.24. The minimum absolute atomic E-state index is 0.0538. The van der Waals surface area contributed by atoms with Crippen LogP contribution in [0.15, 0.2) is 22.7 Å². The quantitative estimate of drug-likeness (QED) is 0.852. The second-order valence-corrected chi connectivity index (χ2v) is 4.92. The third-order valence-electron chi connectivity index (χ3n) is 2.82. The van der Waals surface area contributed by atoms with Crippen molar-refractivity contribution in [3.63, 3.8) is 0 Å². The second kappa shape index (κ2) is 6.38. The maximum atomic E-state index is 5.74. The minimum Gasteiger partial charge on any atom is -0.497 e. The summed E-state index contributed by atoms with van der Waals surface area (Å²) >= 11 is 3.51. The number of hydrogen-bond acceptors (Lipinski definition) is 3. The molecular formula is C13H17BrO3. The van der Waals surface area contributed by atoms with Crippen LogP contribution in [0.25, 0.3) is 0 Å². The number of benzene rings is 1. The maximum absolute atomic E-state index is 5.74. The Morgan fingerprint density at radius 1 is 1.41 bits per heavy atom. The van der Waals surface area contributed by atoms with Gasteiger partial charge in [0.1, 0.15) is 5.75 Å². The molecule has 1 saturated heterocycles. The molecule has 3 nitrogen and oxygen atoms in total. The topological polar surface area (TPSA) is 27.7 Å². The van der Waals surface area contributed by atoms with Crippen LogP contribution in [-0.4, -0.2) is 20.0 Å². The van der Waals surface area contributed by atoms with E-state index in [-0.39, 0.29) is 6.29 Å². The molecule has 2 rings (SSSR count). The monoisotopic (exact) mass is 300 g/mol. The molecule has 0 spiro atoms. The Hall–Kier alpha value is -0.580. The van der Waals surface area contributed by atoms with E-state index in [1.54, 1.807) is 7.11 Å². The zero-order chi connectivity index (χ0) is 12.1. The van der Waals surface area contributed by atoms with E-state index >= 15 is 0 Å². The van der Waals surface area contributed by atoms with Gasteiger partial charge in [0.15, 0.2) is 6.29 Å². The van der Waals surface area contributed by atoms with Gasteiger partial charge in [0.25, 0.3) is 0 Å². The van der Waals surface area contributed by atoms with Gasteiger partial charge in [-0.25, -0.2) is 0 Å². The van der Waals surface area contributed by atoms with Crippen molar-refractivity contribution < 1.29 is 14.2 Å². The van der Waals surface area contributed by atoms with Crippen molar-refractivity contribution in [3.05, 3.63) is 28.2 Å². The summed E-state index contributed by atoms with van der Waals surface area (Å²) in [6.45, 7) is 1.35. The van der Waals surface area contributed by atoms with Gasteiger partial charge in [-0.1, -0.05) is 15.9 Å². The van der Waals surface area contributed by atoms with Crippen LogP contribution in [0.2, 0.25) is 0 Å². The van der Waals surface area contributed by atoms with Crippen LogP contribution in [0, 0.1) is 0 Å². The van der Waals surface area contributed by atoms with E-state index < -0.39 is 0 Å². The highest BCUT2D eigenvalue weighted by molar-refractivity contribution is 9.10. The molecule has 1 atom stereocenters. The van der Waals surface area contributed by atoms with E-state index in [1.807, 2.05) is 18.2 Å². The van der Waals surface area contributed by atoms with Gasteiger partial charge in [-0.05, 0) is 43.0 Å². The molecule has 0 aliphatic carbocycles. The summed E-state index contributed by atoms with van der Waals surface area (Å²) in [5.41, 5.74) is 1.08. The van der Waals surface area contributed by atoms with Crippen molar-refractivity contribution in [2.45, 2.75) is 32.2 Å². The van der Waals surface area contributed by atoms with Crippen LogP contribution in [0.5, 0.6) is 5.75 Å². The molecule has 1 unspecified atom stereocenters. The first-order valence-corrected chi connectivity index (χ1v) is 6.64. The van der Waals surface area contributed by atoms with Crippen molar-refractivity contribution in [3.8, 4) is 5.75 Å². The fraction of sp³-hybridized carbons (Fsp3) is 0.538. The van der Waals surface area contributed by atoms with Crippen molar-refractivity contribution in [1.82, 2.24) is 0 Å². The van der Waals surface area contributed by atoms with Crippen molar-refractivity contribution in [2.24, 2.45) is 0 Å². The predicted octanol–water partition coefficient (Wildman–Crippen LogP) is 3.50. The number of halogens is 1. The predicted molar refractivity (Wildman–Crippen MR) is 69.1 cm³/mol. The average molecular weight is 301 g/mol. The highest BCUT2D eigenvalue weighted by Gasteiger charge is 2.14. The van der Waals surface area contributed by atoms with Gasteiger partial charge in [-0.3, -0.25) is 0 Å². The minimum atomic E-state index is -0.0538. The van der Waals surface area contributed by atoms with Gasteiger partial charge < -0.3 is 14.2 Å². The Morgan fingerprint density at radius 2 is 2.29 bits per heavy atom. The first-order valence-electron chi connectivity index (χ1n) is 5.85. The number of ether oxygens (including phenoxy) is 3. The molecule has 0 amide bonds. The molecule has 0 N–H and O–H groups in total. The zero-order valence-electron chi connectivity index (χ0n) is 9.95. The third-order valence-corrected chi connectivity index (χ3v) is 3.59. The van der Waals surface area contributed by atoms with E-state index in [9.17, 15) is 0 Å². The molecule has 1 aliphatic heterocycles. The van der Waals surface area contributed by atoms with Crippen LogP contribution >= 0.6 is 15.9 Å². The molecule has 94 valence electrons. The second-order valence-electron chi connectivity index (χ2n) is 4.06. The lowest BCUT2D eigenvalue weighted by molar-refractivity contribution is -0.169. The molecule has 0 radical (unpaired) electrons. The summed E-state index contributed by atoms with van der Waals surface area (Å²) < 4.78 is 17.5. The van der Waals surface area contributed by atoms with Gasteiger partial charge in [0.2, 0.25) is 0 Å². The van der Waals surface area contributed by atoms with Gasteiger partial charge in [-0.2, -0.15) is 0 Å². The summed E-state index contributed by atoms with van der Waals surface area (Å²) in [7, 11) is 1.66. The lowest BCUT2D eigenvalue weighted by atomic mass is 10.2. The van der Waals surface area contributed by atoms with E-state index in [0.29, 0.717) is 6.61 Å². The SMILES string of the molecule is COc1ccc(Br)c(COC2CCCCO2)c1. The van der Waals surface area contributed by atoms with Crippen molar-refractivity contribution >= 4 is 15.9 Å². The van der Waals surface area contributed by atoms with E-state index in [0.717, 1.165) is 35.2 Å². The van der Waals surface area contributed by atoms with E-state index in [1.165, 1.54) is 6.42 Å². The van der Waals surface area contributed by atoms with Crippen LogP contribution in [0.1, 0.15) is 24.8 Å². The Bertz CT molecular complexity index is 362. The Labute approximate surface area is 110 Å². The van der Waals surface area contributed by atoms with Gasteiger partial charge in [0, 0.05) is 11.1 Å². The largest absolute Gasteiger partial charge is 0.497 e. The van der Waals surface area contributed by atoms with Crippen molar-refractivity contribution in [1.29, 1.82) is 0 Å². The lowest BCUT2D eigenvalue weighted by Gasteiger charge is -2.23. The Kier molecular flexibility index (Phi) is 4.83. The molecule has 1 heterocycles. The Morgan fingerprint density at radius 3 is 3.00 bits per heavy atom. The molecule has 0 bridgehead atoms. The summed E-state index contributed by atoms with van der Waals surface area (Å²) in [5, 5.41) is 0. The number of hydrogen-bond donors (Lipinski definition) is 0. The fourth-order valence-electron chi connectivity index (χ4n) is 1.81. The average Bonchev–Trinajstić information content (AvgIpc) is 2.39. The van der Waals surface area contributed by atoms with Crippen molar-refractivity contribution in [2.75, 3.05) is 13.7 Å². The Balaban J connectivity index is 1.92. The van der Waals surface area contributed by atoms with Crippen LogP contribution in [0.3, 0.4) is 0 Å². The van der Waals surface area contributed by atoms with Crippen LogP contribution < -0.4 is 4.74 Å².